The number of anilines is 2. The number of nitro groups is 2. The minimum atomic E-state index is -0.422. The van der Waals surface area contributed by atoms with Crippen LogP contribution in [-0.4, -0.2) is 9.85 Å². The molecule has 28 heavy (non-hydrogen) atoms. The Morgan fingerprint density at radius 1 is 0.643 bits per heavy atom. The molecule has 0 aliphatic carbocycles. The van der Waals surface area contributed by atoms with Gasteiger partial charge in [-0.15, -0.1) is 0 Å². The smallest absolute Gasteiger partial charge is 0.271 e. The molecular formula is C20H18N4O4. The standard InChI is InChI=1S/C20H18N4O4/c25-23(26)19-5-1-3-17(11-19)21-13-15-7-9-16(10-8-15)14-22-18-4-2-6-20(12-18)24(27)28/h1-12,21-22H,13-14H2. The fraction of sp³-hybridized carbons (Fsp3) is 0.100. The van der Waals surface area contributed by atoms with Crippen LogP contribution in [0.3, 0.4) is 0 Å². The predicted octanol–water partition coefficient (Wildman–Crippen LogP) is 4.73. The quantitative estimate of drug-likeness (QED) is 0.433. The molecule has 0 amide bonds. The summed E-state index contributed by atoms with van der Waals surface area (Å²) in [4.78, 5) is 20.8. The summed E-state index contributed by atoms with van der Waals surface area (Å²) < 4.78 is 0. The first-order chi connectivity index (χ1) is 13.5. The Hall–Kier alpha value is -3.94. The molecule has 0 aliphatic rings. The van der Waals surface area contributed by atoms with E-state index in [1.165, 1.54) is 24.3 Å². The summed E-state index contributed by atoms with van der Waals surface area (Å²) in [7, 11) is 0. The van der Waals surface area contributed by atoms with Gasteiger partial charge in [0.2, 0.25) is 0 Å². The van der Waals surface area contributed by atoms with E-state index in [1.807, 2.05) is 24.3 Å². The first kappa shape index (κ1) is 18.8. The second-order valence-corrected chi connectivity index (χ2v) is 6.14. The average molecular weight is 378 g/mol. The highest BCUT2D eigenvalue weighted by Gasteiger charge is 2.06. The molecule has 0 saturated carbocycles. The number of nitro benzene ring substituents is 2. The number of nitrogens with zero attached hydrogens (tertiary/aromatic N) is 2. The van der Waals surface area contributed by atoms with Crippen LogP contribution >= 0.6 is 0 Å². The fourth-order valence-electron chi connectivity index (χ4n) is 2.64. The lowest BCUT2D eigenvalue weighted by atomic mass is 10.1. The van der Waals surface area contributed by atoms with Crippen LogP contribution in [0.25, 0.3) is 0 Å². The summed E-state index contributed by atoms with van der Waals surface area (Å²) in [6.07, 6.45) is 0. The topological polar surface area (TPSA) is 110 Å². The van der Waals surface area contributed by atoms with Gasteiger partial charge in [0.05, 0.1) is 9.85 Å². The Morgan fingerprint density at radius 2 is 1.04 bits per heavy atom. The maximum atomic E-state index is 10.8. The van der Waals surface area contributed by atoms with E-state index in [1.54, 1.807) is 24.3 Å². The van der Waals surface area contributed by atoms with Gasteiger partial charge in [-0.1, -0.05) is 36.4 Å². The second kappa shape index (κ2) is 8.63. The minimum Gasteiger partial charge on any atom is -0.381 e. The van der Waals surface area contributed by atoms with E-state index < -0.39 is 9.85 Å². The lowest BCUT2D eigenvalue weighted by Crippen LogP contribution is -2.02. The Kier molecular flexibility index (Phi) is 5.81. The fourth-order valence-corrected chi connectivity index (χ4v) is 2.64. The highest BCUT2D eigenvalue weighted by molar-refractivity contribution is 5.52. The summed E-state index contributed by atoms with van der Waals surface area (Å²) in [5.41, 5.74) is 3.53. The molecule has 8 nitrogen and oxygen atoms in total. The molecule has 3 rings (SSSR count). The molecule has 2 N–H and O–H groups in total. The lowest BCUT2D eigenvalue weighted by molar-refractivity contribution is -0.385. The zero-order chi connectivity index (χ0) is 19.9. The summed E-state index contributed by atoms with van der Waals surface area (Å²) in [5.74, 6) is 0. The van der Waals surface area contributed by atoms with Crippen LogP contribution < -0.4 is 10.6 Å². The van der Waals surface area contributed by atoms with Gasteiger partial charge < -0.3 is 10.6 Å². The van der Waals surface area contributed by atoms with Crippen molar-refractivity contribution in [1.29, 1.82) is 0 Å². The van der Waals surface area contributed by atoms with Crippen molar-refractivity contribution in [2.45, 2.75) is 13.1 Å². The van der Waals surface area contributed by atoms with Gasteiger partial charge in [0, 0.05) is 48.7 Å². The van der Waals surface area contributed by atoms with Crippen LogP contribution in [0.5, 0.6) is 0 Å². The third-order valence-electron chi connectivity index (χ3n) is 4.13. The van der Waals surface area contributed by atoms with Gasteiger partial charge in [-0.05, 0) is 23.3 Å². The maximum Gasteiger partial charge on any atom is 0.271 e. The molecule has 0 bridgehead atoms. The molecule has 3 aromatic carbocycles. The van der Waals surface area contributed by atoms with Crippen LogP contribution in [-0.2, 0) is 13.1 Å². The first-order valence-corrected chi connectivity index (χ1v) is 8.56. The molecule has 142 valence electrons. The van der Waals surface area contributed by atoms with E-state index in [-0.39, 0.29) is 11.4 Å². The van der Waals surface area contributed by atoms with Crippen molar-refractivity contribution in [2.75, 3.05) is 10.6 Å². The van der Waals surface area contributed by atoms with E-state index in [4.69, 9.17) is 0 Å². The van der Waals surface area contributed by atoms with Crippen molar-refractivity contribution in [3.05, 3.63) is 104 Å². The second-order valence-electron chi connectivity index (χ2n) is 6.14. The van der Waals surface area contributed by atoms with E-state index >= 15 is 0 Å². The van der Waals surface area contributed by atoms with Gasteiger partial charge in [0.15, 0.2) is 0 Å². The Balaban J connectivity index is 1.55. The van der Waals surface area contributed by atoms with Gasteiger partial charge in [-0.25, -0.2) is 0 Å². The molecule has 0 aliphatic heterocycles. The predicted molar refractivity (Wildman–Crippen MR) is 107 cm³/mol. The van der Waals surface area contributed by atoms with Crippen molar-refractivity contribution in [1.82, 2.24) is 0 Å². The van der Waals surface area contributed by atoms with Crippen molar-refractivity contribution in [2.24, 2.45) is 0 Å². The largest absolute Gasteiger partial charge is 0.381 e. The van der Waals surface area contributed by atoms with Crippen molar-refractivity contribution >= 4 is 22.7 Å². The van der Waals surface area contributed by atoms with Gasteiger partial charge >= 0.3 is 0 Å². The monoisotopic (exact) mass is 378 g/mol. The summed E-state index contributed by atoms with van der Waals surface area (Å²) in [6, 6.07) is 20.6. The van der Waals surface area contributed by atoms with Crippen LogP contribution in [0.1, 0.15) is 11.1 Å². The van der Waals surface area contributed by atoms with Crippen molar-refractivity contribution in [3.8, 4) is 0 Å². The molecule has 0 fully saturated rings. The van der Waals surface area contributed by atoms with Crippen LogP contribution in [0.4, 0.5) is 22.7 Å². The summed E-state index contributed by atoms with van der Waals surface area (Å²) in [6.45, 7) is 1.08. The van der Waals surface area contributed by atoms with Crippen LogP contribution in [0.2, 0.25) is 0 Å². The third-order valence-corrected chi connectivity index (χ3v) is 4.13. The van der Waals surface area contributed by atoms with E-state index in [0.29, 0.717) is 24.5 Å². The molecule has 0 spiro atoms. The van der Waals surface area contributed by atoms with Gasteiger partial charge in [-0.2, -0.15) is 0 Å². The molecule has 0 atom stereocenters. The number of rotatable bonds is 8. The van der Waals surface area contributed by atoms with Crippen LogP contribution in [0.15, 0.2) is 72.8 Å². The van der Waals surface area contributed by atoms with Crippen molar-refractivity contribution < 1.29 is 9.85 Å². The average Bonchev–Trinajstić information content (AvgIpc) is 2.72. The molecule has 3 aromatic rings. The summed E-state index contributed by atoms with van der Waals surface area (Å²) >= 11 is 0. The molecule has 0 unspecified atom stereocenters. The zero-order valence-corrected chi connectivity index (χ0v) is 14.9. The third kappa shape index (κ3) is 5.04. The molecular weight excluding hydrogens is 360 g/mol. The molecule has 8 heteroatoms. The number of nitrogens with one attached hydrogen (secondary N) is 2. The van der Waals surface area contributed by atoms with E-state index in [0.717, 1.165) is 11.1 Å². The minimum absolute atomic E-state index is 0.0487. The Morgan fingerprint density at radius 3 is 1.39 bits per heavy atom. The van der Waals surface area contributed by atoms with Crippen LogP contribution in [0, 0.1) is 20.2 Å². The maximum absolute atomic E-state index is 10.8. The lowest BCUT2D eigenvalue weighted by Gasteiger charge is -2.09. The summed E-state index contributed by atoms with van der Waals surface area (Å²) in [5, 5.41) is 28.0. The number of hydrogen-bond acceptors (Lipinski definition) is 6. The van der Waals surface area contributed by atoms with E-state index in [9.17, 15) is 20.2 Å². The van der Waals surface area contributed by atoms with Gasteiger partial charge in [0.1, 0.15) is 0 Å². The highest BCUT2D eigenvalue weighted by atomic mass is 16.6. The molecule has 0 saturated heterocycles. The van der Waals surface area contributed by atoms with E-state index in [2.05, 4.69) is 10.6 Å². The van der Waals surface area contributed by atoms with Gasteiger partial charge in [0.25, 0.3) is 11.4 Å². The molecule has 0 heterocycles. The zero-order valence-electron chi connectivity index (χ0n) is 14.9. The SMILES string of the molecule is O=[N+]([O-])c1cccc(NCc2ccc(CNc3cccc([N+](=O)[O-])c3)cc2)c1. The van der Waals surface area contributed by atoms with Crippen molar-refractivity contribution in [3.63, 3.8) is 0 Å². The normalized spacial score (nSPS) is 10.3. The molecule has 0 aromatic heterocycles. The van der Waals surface area contributed by atoms with Gasteiger partial charge in [-0.3, -0.25) is 20.2 Å². The highest BCUT2D eigenvalue weighted by Crippen LogP contribution is 2.19. The first-order valence-electron chi connectivity index (χ1n) is 8.56. The number of hydrogen-bond donors (Lipinski definition) is 2. The Labute approximate surface area is 161 Å². The molecule has 0 radical (unpaired) electrons. The number of benzene rings is 3. The number of non-ortho nitro benzene ring substituents is 2. The Bertz CT molecular complexity index is 909.